The van der Waals surface area contributed by atoms with Crippen molar-refractivity contribution in [2.45, 2.75) is 13.0 Å². The summed E-state index contributed by atoms with van der Waals surface area (Å²) < 4.78 is 0. The van der Waals surface area contributed by atoms with Gasteiger partial charge in [0, 0.05) is 23.1 Å². The minimum atomic E-state index is -0.396. The van der Waals surface area contributed by atoms with Gasteiger partial charge in [-0.15, -0.1) is 11.3 Å². The number of benzene rings is 2. The zero-order valence-corrected chi connectivity index (χ0v) is 13.3. The molecule has 0 aliphatic rings. The highest BCUT2D eigenvalue weighted by molar-refractivity contribution is 7.14. The maximum atomic E-state index is 10.9. The number of hydrogen-bond donors (Lipinski definition) is 1. The minimum absolute atomic E-state index is 0.0719. The maximum Gasteiger partial charge on any atom is 0.270 e. The molecule has 0 saturated heterocycles. The summed E-state index contributed by atoms with van der Waals surface area (Å²) in [5, 5.41) is 16.9. The molecule has 1 atom stereocenters. The largest absolute Gasteiger partial charge is 0.355 e. The van der Waals surface area contributed by atoms with E-state index in [9.17, 15) is 10.1 Å². The third-order valence-corrected chi connectivity index (χ3v) is 4.27. The van der Waals surface area contributed by atoms with Crippen LogP contribution in [0.3, 0.4) is 0 Å². The number of nitrogens with zero attached hydrogens (tertiary/aromatic N) is 2. The lowest BCUT2D eigenvalue weighted by Gasteiger charge is -2.12. The number of aromatic nitrogens is 1. The summed E-state index contributed by atoms with van der Waals surface area (Å²) >= 11 is 1.49. The molecule has 1 heterocycles. The molecule has 0 saturated carbocycles. The molecule has 3 rings (SSSR count). The highest BCUT2D eigenvalue weighted by Crippen LogP contribution is 2.29. The average Bonchev–Trinajstić information content (AvgIpc) is 3.04. The molecular formula is C17H15N3O2S. The van der Waals surface area contributed by atoms with Gasteiger partial charge in [-0.2, -0.15) is 0 Å². The van der Waals surface area contributed by atoms with Crippen molar-refractivity contribution in [2.75, 3.05) is 5.32 Å². The lowest BCUT2D eigenvalue weighted by molar-refractivity contribution is -0.384. The van der Waals surface area contributed by atoms with Crippen molar-refractivity contribution in [3.63, 3.8) is 0 Å². The monoisotopic (exact) mass is 325 g/mol. The molecule has 2 aromatic carbocycles. The molecule has 6 heteroatoms. The minimum Gasteiger partial charge on any atom is -0.355 e. The average molecular weight is 325 g/mol. The van der Waals surface area contributed by atoms with E-state index in [2.05, 4.69) is 29.4 Å². The standard InChI is InChI=1S/C17H15N3O2S/c1-12(13-6-3-2-4-7-13)18-17-19-16(11-23-17)14-8-5-9-15(10-14)20(21)22/h2-12H,1H3,(H,18,19)/t12-/m0/s1. The van der Waals surface area contributed by atoms with E-state index in [0.717, 1.165) is 16.4 Å². The first-order valence-electron chi connectivity index (χ1n) is 7.15. The SMILES string of the molecule is C[C@H](Nc1nc(-c2cccc([N+](=O)[O-])c2)cs1)c1ccccc1. The Kier molecular flexibility index (Phi) is 4.34. The molecule has 23 heavy (non-hydrogen) atoms. The molecule has 0 aliphatic carbocycles. The number of hydrogen-bond acceptors (Lipinski definition) is 5. The Morgan fingerprint density at radius 1 is 1.17 bits per heavy atom. The highest BCUT2D eigenvalue weighted by atomic mass is 32.1. The van der Waals surface area contributed by atoms with Crippen LogP contribution < -0.4 is 5.32 Å². The summed E-state index contributed by atoms with van der Waals surface area (Å²) in [6, 6.07) is 16.8. The zero-order valence-electron chi connectivity index (χ0n) is 12.5. The molecule has 3 aromatic rings. The number of non-ortho nitro benzene ring substituents is 1. The normalized spacial score (nSPS) is 11.9. The Morgan fingerprint density at radius 2 is 1.96 bits per heavy atom. The van der Waals surface area contributed by atoms with Gasteiger partial charge in [0.1, 0.15) is 0 Å². The number of rotatable bonds is 5. The van der Waals surface area contributed by atoms with E-state index in [1.165, 1.54) is 23.0 Å². The maximum absolute atomic E-state index is 10.9. The molecule has 1 aromatic heterocycles. The smallest absolute Gasteiger partial charge is 0.270 e. The summed E-state index contributed by atoms with van der Waals surface area (Å²) in [7, 11) is 0. The number of nitrogens with one attached hydrogen (secondary N) is 1. The van der Waals surface area contributed by atoms with Crippen LogP contribution in [0.5, 0.6) is 0 Å². The highest BCUT2D eigenvalue weighted by Gasteiger charge is 2.11. The molecule has 0 amide bonds. The van der Waals surface area contributed by atoms with Crippen molar-refractivity contribution in [2.24, 2.45) is 0 Å². The third kappa shape index (κ3) is 3.54. The van der Waals surface area contributed by atoms with Gasteiger partial charge in [0.25, 0.3) is 5.69 Å². The van der Waals surface area contributed by atoms with E-state index >= 15 is 0 Å². The van der Waals surface area contributed by atoms with Gasteiger partial charge in [0.05, 0.1) is 16.7 Å². The second-order valence-electron chi connectivity index (χ2n) is 5.12. The van der Waals surface area contributed by atoms with E-state index in [-0.39, 0.29) is 11.7 Å². The fraction of sp³-hybridized carbons (Fsp3) is 0.118. The van der Waals surface area contributed by atoms with Gasteiger partial charge in [0.2, 0.25) is 0 Å². The second-order valence-corrected chi connectivity index (χ2v) is 5.98. The Bertz CT molecular complexity index is 817. The Labute approximate surface area is 137 Å². The Hall–Kier alpha value is -2.73. The van der Waals surface area contributed by atoms with E-state index in [1.54, 1.807) is 12.1 Å². The van der Waals surface area contributed by atoms with Crippen LogP contribution in [-0.4, -0.2) is 9.91 Å². The summed E-state index contributed by atoms with van der Waals surface area (Å²) in [6.45, 7) is 2.07. The second kappa shape index (κ2) is 6.58. The quantitative estimate of drug-likeness (QED) is 0.535. The van der Waals surface area contributed by atoms with Crippen LogP contribution in [0, 0.1) is 10.1 Å². The van der Waals surface area contributed by atoms with Crippen LogP contribution in [0.1, 0.15) is 18.5 Å². The Morgan fingerprint density at radius 3 is 2.70 bits per heavy atom. The van der Waals surface area contributed by atoms with Crippen LogP contribution in [0.25, 0.3) is 11.3 Å². The van der Waals surface area contributed by atoms with Crippen molar-refractivity contribution < 1.29 is 4.92 Å². The van der Waals surface area contributed by atoms with Gasteiger partial charge in [-0.05, 0) is 12.5 Å². The van der Waals surface area contributed by atoms with Gasteiger partial charge in [-0.3, -0.25) is 10.1 Å². The van der Waals surface area contributed by atoms with Crippen molar-refractivity contribution in [1.29, 1.82) is 0 Å². The number of anilines is 1. The van der Waals surface area contributed by atoms with Crippen LogP contribution >= 0.6 is 11.3 Å². The first-order valence-corrected chi connectivity index (χ1v) is 8.03. The summed E-state index contributed by atoms with van der Waals surface area (Å²) in [6.07, 6.45) is 0. The van der Waals surface area contributed by atoms with Gasteiger partial charge in [0.15, 0.2) is 5.13 Å². The van der Waals surface area contributed by atoms with E-state index in [1.807, 2.05) is 29.6 Å². The zero-order chi connectivity index (χ0) is 16.2. The third-order valence-electron chi connectivity index (χ3n) is 3.50. The summed E-state index contributed by atoms with van der Waals surface area (Å²) in [4.78, 5) is 15.0. The van der Waals surface area contributed by atoms with Crippen LogP contribution in [0.4, 0.5) is 10.8 Å². The van der Waals surface area contributed by atoms with Gasteiger partial charge >= 0.3 is 0 Å². The van der Waals surface area contributed by atoms with Gasteiger partial charge in [-0.1, -0.05) is 42.5 Å². The number of thiazole rings is 1. The molecule has 0 spiro atoms. The van der Waals surface area contributed by atoms with Gasteiger partial charge in [-0.25, -0.2) is 4.98 Å². The Balaban J connectivity index is 1.78. The molecule has 0 unspecified atom stereocenters. The predicted octanol–water partition coefficient (Wildman–Crippen LogP) is 4.89. The van der Waals surface area contributed by atoms with Crippen LogP contribution in [0.2, 0.25) is 0 Å². The lowest BCUT2D eigenvalue weighted by Crippen LogP contribution is -2.05. The molecule has 116 valence electrons. The molecular weight excluding hydrogens is 310 g/mol. The number of nitro benzene ring substituents is 1. The van der Waals surface area contributed by atoms with E-state index < -0.39 is 4.92 Å². The summed E-state index contributed by atoms with van der Waals surface area (Å²) in [5.41, 5.74) is 2.74. The molecule has 0 radical (unpaired) electrons. The van der Waals surface area contributed by atoms with Crippen molar-refractivity contribution in [3.05, 3.63) is 75.7 Å². The fourth-order valence-corrected chi connectivity index (χ4v) is 3.07. The van der Waals surface area contributed by atoms with Crippen molar-refractivity contribution >= 4 is 22.2 Å². The van der Waals surface area contributed by atoms with E-state index in [0.29, 0.717) is 0 Å². The van der Waals surface area contributed by atoms with Crippen LogP contribution in [0.15, 0.2) is 60.0 Å². The molecule has 0 fully saturated rings. The van der Waals surface area contributed by atoms with Gasteiger partial charge < -0.3 is 5.32 Å². The first kappa shape index (κ1) is 15.2. The summed E-state index contributed by atoms with van der Waals surface area (Å²) in [5.74, 6) is 0. The molecule has 5 nitrogen and oxygen atoms in total. The molecule has 1 N–H and O–H groups in total. The fourth-order valence-electron chi connectivity index (χ4n) is 2.26. The van der Waals surface area contributed by atoms with Crippen molar-refractivity contribution in [1.82, 2.24) is 4.98 Å². The molecule has 0 bridgehead atoms. The topological polar surface area (TPSA) is 68.1 Å². The van der Waals surface area contributed by atoms with Crippen molar-refractivity contribution in [3.8, 4) is 11.3 Å². The molecule has 0 aliphatic heterocycles. The number of nitro groups is 1. The van der Waals surface area contributed by atoms with E-state index in [4.69, 9.17) is 0 Å². The lowest BCUT2D eigenvalue weighted by atomic mass is 10.1. The predicted molar refractivity (Wildman–Crippen MR) is 92.7 cm³/mol. The first-order chi connectivity index (χ1) is 11.1. The van der Waals surface area contributed by atoms with Crippen LogP contribution in [-0.2, 0) is 0 Å².